The topological polar surface area (TPSA) is 74.5 Å². The van der Waals surface area contributed by atoms with Crippen LogP contribution in [0.15, 0.2) is 60.9 Å². The molecule has 9 heteroatoms. The molecule has 0 spiro atoms. The largest absolute Gasteiger partial charge is 0.433 e. The molecule has 4 rings (SSSR count). The van der Waals surface area contributed by atoms with Gasteiger partial charge >= 0.3 is 6.18 Å². The Balaban J connectivity index is 1.66. The van der Waals surface area contributed by atoms with Gasteiger partial charge in [0.25, 0.3) is 0 Å². The molecule has 0 saturated carbocycles. The van der Waals surface area contributed by atoms with Gasteiger partial charge in [-0.2, -0.15) is 18.3 Å². The molecule has 2 N–H and O–H groups in total. The zero-order valence-electron chi connectivity index (χ0n) is 15.4. The molecule has 2 heterocycles. The van der Waals surface area contributed by atoms with Gasteiger partial charge in [0, 0.05) is 16.8 Å². The van der Waals surface area contributed by atoms with Crippen molar-refractivity contribution in [3.63, 3.8) is 0 Å². The smallest absolute Gasteiger partial charge is 0.399 e. The van der Waals surface area contributed by atoms with Gasteiger partial charge in [-0.05, 0) is 36.8 Å². The van der Waals surface area contributed by atoms with Crippen LogP contribution in [0.25, 0.3) is 22.6 Å². The van der Waals surface area contributed by atoms with E-state index in [4.69, 9.17) is 5.73 Å². The predicted molar refractivity (Wildman–Crippen MR) is 103 cm³/mol. The van der Waals surface area contributed by atoms with E-state index in [0.29, 0.717) is 17.1 Å². The second-order valence-electron chi connectivity index (χ2n) is 6.47. The van der Waals surface area contributed by atoms with Crippen LogP contribution in [0.5, 0.6) is 0 Å². The van der Waals surface area contributed by atoms with Crippen molar-refractivity contribution in [1.29, 1.82) is 0 Å². The van der Waals surface area contributed by atoms with Crippen LogP contribution in [0, 0.1) is 0 Å². The van der Waals surface area contributed by atoms with Gasteiger partial charge in [0.2, 0.25) is 0 Å². The molecular formula is C20H17F3N6. The lowest BCUT2D eigenvalue weighted by Gasteiger charge is -2.12. The average molecular weight is 398 g/mol. The second-order valence-corrected chi connectivity index (χ2v) is 6.47. The van der Waals surface area contributed by atoms with E-state index in [2.05, 4.69) is 15.4 Å². The SMILES string of the molecule is CCc1cnn(-c2ccc(-c3cn(-c4cccc(N)c4)nn3)cc2)c1C(F)(F)F. The van der Waals surface area contributed by atoms with E-state index in [1.165, 1.54) is 6.20 Å². The third kappa shape index (κ3) is 3.58. The number of nitrogens with two attached hydrogens (primary N) is 1. The summed E-state index contributed by atoms with van der Waals surface area (Å²) >= 11 is 0. The van der Waals surface area contributed by atoms with Gasteiger partial charge in [0.1, 0.15) is 5.69 Å². The van der Waals surface area contributed by atoms with E-state index in [0.717, 1.165) is 15.9 Å². The number of alkyl halides is 3. The number of hydrogen-bond donors (Lipinski definition) is 1. The highest BCUT2D eigenvalue weighted by Crippen LogP contribution is 2.34. The van der Waals surface area contributed by atoms with Crippen LogP contribution < -0.4 is 5.73 Å². The van der Waals surface area contributed by atoms with Crippen LogP contribution in [0.1, 0.15) is 18.2 Å². The summed E-state index contributed by atoms with van der Waals surface area (Å²) in [6.07, 6.45) is -1.25. The Kier molecular flexibility index (Phi) is 4.57. The van der Waals surface area contributed by atoms with E-state index in [1.807, 2.05) is 12.1 Å². The third-order valence-corrected chi connectivity index (χ3v) is 4.53. The maximum absolute atomic E-state index is 13.5. The summed E-state index contributed by atoms with van der Waals surface area (Å²) in [4.78, 5) is 0. The molecule has 0 aliphatic rings. The van der Waals surface area contributed by atoms with E-state index in [1.54, 1.807) is 54.2 Å². The second kappa shape index (κ2) is 7.08. The minimum atomic E-state index is -4.49. The molecule has 0 aliphatic carbocycles. The number of rotatable bonds is 4. The Bertz CT molecular complexity index is 1140. The monoisotopic (exact) mass is 398 g/mol. The number of hydrogen-bond acceptors (Lipinski definition) is 4. The van der Waals surface area contributed by atoms with Crippen molar-refractivity contribution in [2.45, 2.75) is 19.5 Å². The Morgan fingerprint density at radius 2 is 1.79 bits per heavy atom. The van der Waals surface area contributed by atoms with Gasteiger partial charge in [-0.3, -0.25) is 0 Å². The maximum atomic E-state index is 13.5. The van der Waals surface area contributed by atoms with Gasteiger partial charge in [-0.15, -0.1) is 5.10 Å². The van der Waals surface area contributed by atoms with Crippen LogP contribution in [0.2, 0.25) is 0 Å². The molecule has 4 aromatic rings. The molecule has 0 aliphatic heterocycles. The van der Waals surface area contributed by atoms with Crippen molar-refractivity contribution in [2.24, 2.45) is 0 Å². The molecule has 148 valence electrons. The quantitative estimate of drug-likeness (QED) is 0.521. The molecule has 0 atom stereocenters. The highest BCUT2D eigenvalue weighted by molar-refractivity contribution is 5.60. The minimum absolute atomic E-state index is 0.159. The zero-order valence-corrected chi connectivity index (χ0v) is 15.4. The summed E-state index contributed by atoms with van der Waals surface area (Å²) in [6, 6.07) is 13.7. The molecule has 29 heavy (non-hydrogen) atoms. The molecule has 0 bridgehead atoms. The number of nitrogen functional groups attached to an aromatic ring is 1. The van der Waals surface area contributed by atoms with Gasteiger partial charge in [0.05, 0.1) is 23.8 Å². The van der Waals surface area contributed by atoms with Crippen LogP contribution >= 0.6 is 0 Å². The Labute approximate surface area is 164 Å². The molecule has 0 fully saturated rings. The Hall–Kier alpha value is -3.62. The molecule has 0 saturated heterocycles. The van der Waals surface area contributed by atoms with Gasteiger partial charge in [-0.1, -0.05) is 30.3 Å². The van der Waals surface area contributed by atoms with Crippen molar-refractivity contribution < 1.29 is 13.2 Å². The molecular weight excluding hydrogens is 381 g/mol. The highest BCUT2D eigenvalue weighted by Gasteiger charge is 2.38. The predicted octanol–water partition coefficient (Wildman–Crippen LogP) is 4.28. The summed E-state index contributed by atoms with van der Waals surface area (Å²) in [5.74, 6) is 0. The van der Waals surface area contributed by atoms with Gasteiger partial charge in [0.15, 0.2) is 5.69 Å². The van der Waals surface area contributed by atoms with E-state index in [-0.39, 0.29) is 12.0 Å². The first-order chi connectivity index (χ1) is 13.9. The summed E-state index contributed by atoms with van der Waals surface area (Å²) in [5, 5.41) is 12.2. The van der Waals surface area contributed by atoms with Crippen LogP contribution in [-0.4, -0.2) is 24.8 Å². The lowest BCUT2D eigenvalue weighted by molar-refractivity contribution is -0.143. The lowest BCUT2D eigenvalue weighted by atomic mass is 10.1. The van der Waals surface area contributed by atoms with Gasteiger partial charge < -0.3 is 5.73 Å². The van der Waals surface area contributed by atoms with Crippen LogP contribution in [0.3, 0.4) is 0 Å². The molecule has 2 aromatic carbocycles. The minimum Gasteiger partial charge on any atom is -0.399 e. The van der Waals surface area contributed by atoms with Crippen molar-refractivity contribution in [3.8, 4) is 22.6 Å². The fourth-order valence-electron chi connectivity index (χ4n) is 3.10. The summed E-state index contributed by atoms with van der Waals surface area (Å²) < 4.78 is 42.9. The number of halogens is 3. The number of aryl methyl sites for hydroxylation is 1. The van der Waals surface area contributed by atoms with Crippen LogP contribution in [0.4, 0.5) is 18.9 Å². The maximum Gasteiger partial charge on any atom is 0.433 e. The Morgan fingerprint density at radius 3 is 2.45 bits per heavy atom. The Morgan fingerprint density at radius 1 is 1.03 bits per heavy atom. The van der Waals surface area contributed by atoms with Crippen molar-refractivity contribution in [2.75, 3.05) is 5.73 Å². The lowest BCUT2D eigenvalue weighted by Crippen LogP contribution is -2.15. The van der Waals surface area contributed by atoms with Crippen molar-refractivity contribution in [3.05, 3.63) is 72.2 Å². The van der Waals surface area contributed by atoms with Crippen molar-refractivity contribution >= 4 is 5.69 Å². The van der Waals surface area contributed by atoms with E-state index in [9.17, 15) is 13.2 Å². The fraction of sp³-hybridized carbons (Fsp3) is 0.150. The summed E-state index contributed by atoms with van der Waals surface area (Å²) in [7, 11) is 0. The number of anilines is 1. The molecule has 0 unspecified atom stereocenters. The zero-order chi connectivity index (χ0) is 20.6. The fourth-order valence-corrected chi connectivity index (χ4v) is 3.10. The van der Waals surface area contributed by atoms with Gasteiger partial charge in [-0.25, -0.2) is 9.36 Å². The summed E-state index contributed by atoms with van der Waals surface area (Å²) in [5.41, 5.74) is 8.20. The first-order valence-corrected chi connectivity index (χ1v) is 8.90. The molecule has 0 amide bonds. The van der Waals surface area contributed by atoms with Crippen LogP contribution in [-0.2, 0) is 12.6 Å². The molecule has 2 aromatic heterocycles. The number of benzene rings is 2. The van der Waals surface area contributed by atoms with E-state index >= 15 is 0 Å². The standard InChI is InChI=1S/C20H17F3N6/c1-2-13-11-25-29(19(13)20(21,22)23)16-8-6-14(7-9-16)18-12-28(27-26-18)17-5-3-4-15(24)10-17/h3-12H,2,24H2,1H3. The highest BCUT2D eigenvalue weighted by atomic mass is 19.4. The number of nitrogens with zero attached hydrogens (tertiary/aromatic N) is 5. The summed E-state index contributed by atoms with van der Waals surface area (Å²) in [6.45, 7) is 1.67. The third-order valence-electron chi connectivity index (χ3n) is 4.53. The van der Waals surface area contributed by atoms with Crippen molar-refractivity contribution in [1.82, 2.24) is 24.8 Å². The average Bonchev–Trinajstić information content (AvgIpc) is 3.35. The first-order valence-electron chi connectivity index (χ1n) is 8.90. The molecule has 0 radical (unpaired) electrons. The first kappa shape index (κ1) is 18.7. The molecule has 6 nitrogen and oxygen atoms in total. The van der Waals surface area contributed by atoms with E-state index < -0.39 is 11.9 Å². The normalized spacial score (nSPS) is 11.7. The number of aromatic nitrogens is 5.